The first-order valence-electron chi connectivity index (χ1n) is 20.5. The number of hydrogen-bond donors (Lipinski definition) is 0. The van der Waals surface area contributed by atoms with Crippen LogP contribution in [-0.2, 0) is 5.41 Å². The third kappa shape index (κ3) is 4.61. The van der Waals surface area contributed by atoms with Gasteiger partial charge in [-0.05, 0) is 125 Å². The smallest absolute Gasteiger partial charge is 0.143 e. The predicted octanol–water partition coefficient (Wildman–Crippen LogP) is 16.7. The van der Waals surface area contributed by atoms with E-state index in [0.29, 0.717) is 0 Å². The van der Waals surface area contributed by atoms with Crippen molar-refractivity contribution in [3.8, 4) is 44.5 Å². The van der Waals surface area contributed by atoms with E-state index in [1.54, 1.807) is 0 Å². The average molecular weight is 769 g/mol. The normalized spacial score (nSPS) is 13.4. The molecule has 13 rings (SSSR count). The first kappa shape index (κ1) is 33.0. The average Bonchev–Trinajstić information content (AvgIpc) is 3.91. The van der Waals surface area contributed by atoms with Gasteiger partial charge < -0.3 is 4.42 Å². The summed E-state index contributed by atoms with van der Waals surface area (Å²) < 4.78 is 9.26. The Bertz CT molecular complexity index is 3690. The Morgan fingerprint density at radius 1 is 0.356 bits per heavy atom. The molecule has 2 aromatic heterocycles. The van der Waals surface area contributed by atoms with E-state index in [4.69, 9.17) is 4.42 Å². The second-order valence-electron chi connectivity index (χ2n) is 16.7. The van der Waals surface area contributed by atoms with Crippen LogP contribution >= 0.6 is 11.3 Å². The fourth-order valence-electron chi connectivity index (χ4n) is 10.5. The molecular formula is C57H36OS. The predicted molar refractivity (Wildman–Crippen MR) is 253 cm³/mol. The van der Waals surface area contributed by atoms with Crippen molar-refractivity contribution in [1.29, 1.82) is 0 Å². The maximum atomic E-state index is 6.66. The Labute approximate surface area is 345 Å². The molecule has 0 radical (unpaired) electrons. The molecule has 276 valence electrons. The molecule has 0 saturated heterocycles. The van der Waals surface area contributed by atoms with Gasteiger partial charge in [-0.15, -0.1) is 11.3 Å². The number of thiophene rings is 1. The third-order valence-corrected chi connectivity index (χ3v) is 14.4. The van der Waals surface area contributed by atoms with Crippen molar-refractivity contribution in [1.82, 2.24) is 0 Å². The second-order valence-corrected chi connectivity index (χ2v) is 17.8. The van der Waals surface area contributed by atoms with Gasteiger partial charge >= 0.3 is 0 Å². The molecular weight excluding hydrogens is 733 g/mol. The summed E-state index contributed by atoms with van der Waals surface area (Å²) in [7, 11) is 0. The quantitative estimate of drug-likeness (QED) is 0.163. The zero-order chi connectivity index (χ0) is 39.0. The number of fused-ring (bicyclic) bond motifs is 13. The maximum absolute atomic E-state index is 6.66. The SMILES string of the molecule is CC1(C)c2cc(-c3c4ccccc4c(-c4ccccc4)c4ccccc34)ccc2-c2ccc(-c3cc4c5ccccc5oc4c4cc5sc6ccccc6c5cc34)cc21. The van der Waals surface area contributed by atoms with Gasteiger partial charge in [0.2, 0.25) is 0 Å². The highest BCUT2D eigenvalue weighted by Gasteiger charge is 2.36. The van der Waals surface area contributed by atoms with E-state index in [9.17, 15) is 0 Å². The number of para-hydroxylation sites is 1. The number of hydrogen-bond acceptors (Lipinski definition) is 2. The van der Waals surface area contributed by atoms with Crippen LogP contribution in [0.3, 0.4) is 0 Å². The molecule has 1 aliphatic rings. The van der Waals surface area contributed by atoms with Gasteiger partial charge in [0.05, 0.1) is 0 Å². The summed E-state index contributed by atoms with van der Waals surface area (Å²) in [5, 5.41) is 12.4. The summed E-state index contributed by atoms with van der Waals surface area (Å²) in [6.07, 6.45) is 0. The van der Waals surface area contributed by atoms with Crippen molar-refractivity contribution in [2.45, 2.75) is 19.3 Å². The van der Waals surface area contributed by atoms with Crippen molar-refractivity contribution in [3.05, 3.63) is 193 Å². The molecule has 0 amide bonds. The summed E-state index contributed by atoms with van der Waals surface area (Å²) in [5.74, 6) is 0. The maximum Gasteiger partial charge on any atom is 0.143 e. The van der Waals surface area contributed by atoms with E-state index >= 15 is 0 Å². The summed E-state index contributed by atoms with van der Waals surface area (Å²) >= 11 is 1.86. The molecule has 0 spiro atoms. The van der Waals surface area contributed by atoms with Crippen molar-refractivity contribution in [2.24, 2.45) is 0 Å². The first-order chi connectivity index (χ1) is 29.0. The molecule has 10 aromatic carbocycles. The van der Waals surface area contributed by atoms with Crippen LogP contribution < -0.4 is 0 Å². The van der Waals surface area contributed by atoms with Gasteiger partial charge in [-0.2, -0.15) is 0 Å². The van der Waals surface area contributed by atoms with E-state index in [-0.39, 0.29) is 5.41 Å². The first-order valence-corrected chi connectivity index (χ1v) is 21.3. The largest absolute Gasteiger partial charge is 0.455 e. The van der Waals surface area contributed by atoms with Crippen molar-refractivity contribution in [3.63, 3.8) is 0 Å². The van der Waals surface area contributed by atoms with Crippen LogP contribution in [0.1, 0.15) is 25.0 Å². The van der Waals surface area contributed by atoms with E-state index in [1.165, 1.54) is 103 Å². The van der Waals surface area contributed by atoms with Crippen molar-refractivity contribution >= 4 is 85.8 Å². The lowest BCUT2D eigenvalue weighted by Crippen LogP contribution is -2.15. The molecule has 0 fully saturated rings. The Morgan fingerprint density at radius 2 is 0.898 bits per heavy atom. The van der Waals surface area contributed by atoms with Gasteiger partial charge in [0.15, 0.2) is 0 Å². The van der Waals surface area contributed by atoms with Crippen LogP contribution in [0.2, 0.25) is 0 Å². The Kier molecular flexibility index (Phi) is 6.73. The summed E-state index contributed by atoms with van der Waals surface area (Å²) in [4.78, 5) is 0. The molecule has 0 saturated carbocycles. The molecule has 2 heteroatoms. The molecule has 0 unspecified atom stereocenters. The molecule has 0 N–H and O–H groups in total. The minimum absolute atomic E-state index is 0.217. The Hall–Kier alpha value is -7.00. The van der Waals surface area contributed by atoms with Crippen LogP contribution in [0.15, 0.2) is 186 Å². The van der Waals surface area contributed by atoms with Gasteiger partial charge in [-0.3, -0.25) is 0 Å². The molecule has 2 heterocycles. The summed E-state index contributed by atoms with van der Waals surface area (Å²) in [6.45, 7) is 4.82. The van der Waals surface area contributed by atoms with Crippen LogP contribution in [-0.4, -0.2) is 0 Å². The molecule has 0 atom stereocenters. The summed E-state index contributed by atoms with van der Waals surface area (Å²) in [5.41, 5.74) is 14.6. The zero-order valence-corrected chi connectivity index (χ0v) is 33.5. The number of benzene rings is 10. The number of furan rings is 1. The summed E-state index contributed by atoms with van der Waals surface area (Å²) in [6, 6.07) is 67.6. The number of rotatable bonds is 3. The lowest BCUT2D eigenvalue weighted by molar-refractivity contribution is 0.661. The van der Waals surface area contributed by atoms with Crippen LogP contribution in [0.4, 0.5) is 0 Å². The molecule has 1 nitrogen and oxygen atoms in total. The topological polar surface area (TPSA) is 13.1 Å². The van der Waals surface area contributed by atoms with Crippen molar-refractivity contribution in [2.75, 3.05) is 0 Å². The van der Waals surface area contributed by atoms with Crippen LogP contribution in [0, 0.1) is 0 Å². The second kappa shape index (κ2) is 12.0. The highest BCUT2D eigenvalue weighted by molar-refractivity contribution is 7.25. The monoisotopic (exact) mass is 768 g/mol. The molecule has 12 aromatic rings. The molecule has 0 bridgehead atoms. The molecule has 0 aliphatic heterocycles. The lowest BCUT2D eigenvalue weighted by atomic mass is 9.79. The van der Waals surface area contributed by atoms with Gasteiger partial charge in [-0.1, -0.05) is 153 Å². The van der Waals surface area contributed by atoms with Crippen LogP contribution in [0.25, 0.3) is 119 Å². The van der Waals surface area contributed by atoms with Gasteiger partial charge in [0.25, 0.3) is 0 Å². The fourth-order valence-corrected chi connectivity index (χ4v) is 11.6. The Balaban J connectivity index is 1.01. The zero-order valence-electron chi connectivity index (χ0n) is 32.6. The standard InChI is InChI=1S/C57H36OS/c1-57(2)49-28-34(44-30-47-38-16-10-12-22-51(38)58-56(47)48-32-53-46(31-45(44)48)39-17-11-13-23-52(39)59-53)24-26-36(49)37-27-25-35(29-50(37)57)55-42-20-8-6-18-40(42)54(33-14-4-3-5-15-33)41-19-7-9-21-43(41)55/h3-32H,1-2H3. The van der Waals surface area contributed by atoms with Gasteiger partial charge in [0.1, 0.15) is 11.2 Å². The van der Waals surface area contributed by atoms with E-state index in [1.807, 2.05) is 11.3 Å². The third-order valence-electron chi connectivity index (χ3n) is 13.2. The van der Waals surface area contributed by atoms with Crippen LogP contribution in [0.5, 0.6) is 0 Å². The molecule has 59 heavy (non-hydrogen) atoms. The fraction of sp³-hybridized carbons (Fsp3) is 0.0526. The minimum atomic E-state index is -0.217. The lowest BCUT2D eigenvalue weighted by Gasteiger charge is -2.23. The van der Waals surface area contributed by atoms with Gasteiger partial charge in [-0.25, -0.2) is 0 Å². The highest BCUT2D eigenvalue weighted by atomic mass is 32.1. The van der Waals surface area contributed by atoms with E-state index in [2.05, 4.69) is 196 Å². The van der Waals surface area contributed by atoms with Gasteiger partial charge in [0, 0.05) is 41.7 Å². The Morgan fingerprint density at radius 3 is 1.59 bits per heavy atom. The van der Waals surface area contributed by atoms with E-state index in [0.717, 1.165) is 27.3 Å². The van der Waals surface area contributed by atoms with E-state index < -0.39 is 0 Å². The molecule has 1 aliphatic carbocycles. The minimum Gasteiger partial charge on any atom is -0.455 e. The van der Waals surface area contributed by atoms with Crippen molar-refractivity contribution < 1.29 is 4.42 Å². The highest BCUT2D eigenvalue weighted by Crippen LogP contribution is 2.53.